The molecule has 0 heterocycles. The van der Waals surface area contributed by atoms with Crippen molar-refractivity contribution in [1.29, 1.82) is 0 Å². The van der Waals surface area contributed by atoms with Crippen molar-refractivity contribution in [1.82, 2.24) is 0 Å². The number of rotatable bonds is 6. The van der Waals surface area contributed by atoms with E-state index in [1.54, 1.807) is 6.92 Å². The molecule has 1 aromatic carbocycles. The number of aliphatic hydroxyl groups excluding tert-OH is 1. The van der Waals surface area contributed by atoms with Crippen molar-refractivity contribution in [3.63, 3.8) is 0 Å². The number of ether oxygens (including phenoxy) is 2. The monoisotopic (exact) mass is 604 g/mol. The zero-order chi connectivity index (χ0) is 31.7. The molecule has 44 heavy (non-hydrogen) atoms. The highest BCUT2D eigenvalue weighted by Crippen LogP contribution is 2.77. The van der Waals surface area contributed by atoms with Crippen LogP contribution in [0.2, 0.25) is 0 Å². The Hall–Kier alpha value is -2.14. The fourth-order valence-corrected chi connectivity index (χ4v) is 12.8. The third-order valence-corrected chi connectivity index (χ3v) is 15.0. The molecule has 1 N–H and O–H groups in total. The SMILES string of the molecule is C=C(CO)[C@@H]1CC[C@]2(C(=O)OCc3ccccc3)CC[C@]3(C)C(CCC4[C@@]5(C)CC[C@H](OC(C)=O)C(C)(C)C5CC[C@]43C)C12. The maximum absolute atomic E-state index is 14.2. The molecule has 5 fully saturated rings. The Bertz CT molecular complexity index is 1290. The summed E-state index contributed by atoms with van der Waals surface area (Å²) in [4.78, 5) is 26.3. The van der Waals surface area contributed by atoms with Gasteiger partial charge in [0.1, 0.15) is 12.7 Å². The van der Waals surface area contributed by atoms with E-state index in [0.717, 1.165) is 62.5 Å². The average Bonchev–Trinajstić information content (AvgIpc) is 3.39. The van der Waals surface area contributed by atoms with Crippen LogP contribution in [-0.2, 0) is 25.7 Å². The van der Waals surface area contributed by atoms with Crippen LogP contribution in [0.25, 0.3) is 0 Å². The summed E-state index contributed by atoms with van der Waals surface area (Å²) in [5, 5.41) is 10.3. The molecule has 1 aromatic rings. The van der Waals surface area contributed by atoms with E-state index in [9.17, 15) is 14.7 Å². The minimum Gasteiger partial charge on any atom is -0.462 e. The predicted molar refractivity (Wildman–Crippen MR) is 172 cm³/mol. The number of carbonyl (C=O) groups is 2. The molecule has 0 bridgehead atoms. The van der Waals surface area contributed by atoms with E-state index >= 15 is 0 Å². The van der Waals surface area contributed by atoms with Gasteiger partial charge in [-0.15, -0.1) is 0 Å². The molecule has 4 unspecified atom stereocenters. The lowest BCUT2D eigenvalue weighted by Gasteiger charge is -2.72. The molecule has 0 aromatic heterocycles. The van der Waals surface area contributed by atoms with Crippen LogP contribution in [0.4, 0.5) is 0 Å². The third-order valence-electron chi connectivity index (χ3n) is 15.0. The first-order valence-electron chi connectivity index (χ1n) is 17.4. The molecule has 5 heteroatoms. The molecular weight excluding hydrogens is 548 g/mol. The van der Waals surface area contributed by atoms with E-state index in [0.29, 0.717) is 24.4 Å². The van der Waals surface area contributed by atoms with Crippen molar-refractivity contribution in [3.8, 4) is 0 Å². The molecule has 0 spiro atoms. The predicted octanol–water partition coefficient (Wildman–Crippen LogP) is 8.29. The minimum absolute atomic E-state index is 0.0159. The average molecular weight is 605 g/mol. The van der Waals surface area contributed by atoms with Gasteiger partial charge < -0.3 is 14.6 Å². The van der Waals surface area contributed by atoms with Crippen molar-refractivity contribution in [2.24, 2.45) is 56.7 Å². The first kappa shape index (κ1) is 31.8. The van der Waals surface area contributed by atoms with E-state index in [1.807, 2.05) is 30.3 Å². The van der Waals surface area contributed by atoms with E-state index in [4.69, 9.17) is 9.47 Å². The summed E-state index contributed by atoms with van der Waals surface area (Å²) in [5.74, 6) is 1.60. The second kappa shape index (κ2) is 11.0. The highest BCUT2D eigenvalue weighted by molar-refractivity contribution is 5.78. The number of hydrogen-bond acceptors (Lipinski definition) is 5. The second-order valence-electron chi connectivity index (χ2n) is 16.8. The Kier molecular flexibility index (Phi) is 7.95. The van der Waals surface area contributed by atoms with Crippen molar-refractivity contribution in [2.45, 2.75) is 118 Å². The van der Waals surface area contributed by atoms with Crippen LogP contribution in [0.5, 0.6) is 0 Å². The van der Waals surface area contributed by atoms with Gasteiger partial charge in [0.05, 0.1) is 12.0 Å². The molecule has 0 saturated heterocycles. The number of carbonyl (C=O) groups excluding carboxylic acids is 2. The lowest BCUT2D eigenvalue weighted by Crippen LogP contribution is -2.67. The smallest absolute Gasteiger partial charge is 0.312 e. The highest BCUT2D eigenvalue weighted by Gasteiger charge is 2.72. The van der Waals surface area contributed by atoms with Crippen LogP contribution in [0.15, 0.2) is 42.5 Å². The van der Waals surface area contributed by atoms with Gasteiger partial charge >= 0.3 is 11.9 Å². The molecule has 0 aliphatic heterocycles. The Morgan fingerprint density at radius 1 is 0.864 bits per heavy atom. The van der Waals surface area contributed by atoms with Crippen LogP contribution in [0.1, 0.15) is 111 Å². The molecule has 5 aliphatic carbocycles. The van der Waals surface area contributed by atoms with Crippen LogP contribution in [-0.4, -0.2) is 29.8 Å². The Morgan fingerprint density at radius 2 is 1.59 bits per heavy atom. The maximum atomic E-state index is 14.2. The standard InChI is InChI=1S/C39H56O5/c1-25(23-40)28-15-20-39(34(42)43-24-27-11-9-8-10-12-27)22-21-37(6)29(33(28)39)13-14-31-36(5)18-17-32(44-26(2)41)35(3,4)30(36)16-19-38(31,37)7/h8-12,28-33,40H,1,13-24H2,2-7H3/t28-,29?,30?,31?,32-,33?,36-,37+,38+,39-/m0/s1. The van der Waals surface area contributed by atoms with Gasteiger partial charge in [-0.25, -0.2) is 0 Å². The molecule has 5 aliphatic rings. The van der Waals surface area contributed by atoms with Crippen molar-refractivity contribution >= 4 is 11.9 Å². The molecule has 6 rings (SSSR count). The summed E-state index contributed by atoms with van der Waals surface area (Å²) in [6, 6.07) is 10.0. The lowest BCUT2D eigenvalue weighted by molar-refractivity contribution is -0.251. The van der Waals surface area contributed by atoms with Crippen LogP contribution in [0, 0.1) is 56.7 Å². The maximum Gasteiger partial charge on any atom is 0.312 e. The van der Waals surface area contributed by atoms with Crippen LogP contribution < -0.4 is 0 Å². The van der Waals surface area contributed by atoms with Gasteiger partial charge in [0, 0.05) is 12.3 Å². The fourth-order valence-electron chi connectivity index (χ4n) is 12.8. The van der Waals surface area contributed by atoms with Gasteiger partial charge in [0.25, 0.3) is 0 Å². The number of fused-ring (bicyclic) bond motifs is 7. The Morgan fingerprint density at radius 3 is 2.27 bits per heavy atom. The zero-order valence-electron chi connectivity index (χ0n) is 28.1. The molecule has 0 radical (unpaired) electrons. The Balaban J connectivity index is 1.32. The minimum atomic E-state index is -0.504. The summed E-state index contributed by atoms with van der Waals surface area (Å²) in [5.41, 5.74) is 1.78. The number of hydrogen-bond donors (Lipinski definition) is 1. The molecule has 242 valence electrons. The van der Waals surface area contributed by atoms with Crippen molar-refractivity contribution < 1.29 is 24.2 Å². The lowest BCUT2D eigenvalue weighted by atomic mass is 9.32. The third kappa shape index (κ3) is 4.48. The number of aliphatic hydroxyl groups is 1. The van der Waals surface area contributed by atoms with Crippen molar-refractivity contribution in [3.05, 3.63) is 48.0 Å². The van der Waals surface area contributed by atoms with E-state index in [2.05, 4.69) is 41.2 Å². The van der Waals surface area contributed by atoms with Crippen LogP contribution in [0.3, 0.4) is 0 Å². The van der Waals surface area contributed by atoms with Gasteiger partial charge in [-0.05, 0) is 121 Å². The summed E-state index contributed by atoms with van der Waals surface area (Å²) in [7, 11) is 0. The molecular formula is C39H56O5. The summed E-state index contributed by atoms with van der Waals surface area (Å²) >= 11 is 0. The first-order valence-corrected chi connectivity index (χ1v) is 17.4. The topological polar surface area (TPSA) is 72.8 Å². The van der Waals surface area contributed by atoms with Crippen LogP contribution >= 0.6 is 0 Å². The molecule has 0 amide bonds. The van der Waals surface area contributed by atoms with Gasteiger partial charge in [0.15, 0.2) is 0 Å². The molecule has 5 nitrogen and oxygen atoms in total. The summed E-state index contributed by atoms with van der Waals surface area (Å²) in [6.07, 6.45) is 10.3. The van der Waals surface area contributed by atoms with Gasteiger partial charge in [0.2, 0.25) is 0 Å². The van der Waals surface area contributed by atoms with Gasteiger partial charge in [-0.3, -0.25) is 9.59 Å². The summed E-state index contributed by atoms with van der Waals surface area (Å²) in [6.45, 7) is 18.6. The van der Waals surface area contributed by atoms with E-state index < -0.39 is 5.41 Å². The molecule has 5 saturated carbocycles. The normalized spacial score (nSPS) is 43.9. The van der Waals surface area contributed by atoms with E-state index in [1.165, 1.54) is 12.8 Å². The van der Waals surface area contributed by atoms with Crippen molar-refractivity contribution in [2.75, 3.05) is 6.61 Å². The van der Waals surface area contributed by atoms with Gasteiger partial charge in [-0.1, -0.05) is 71.5 Å². The molecule has 10 atom stereocenters. The largest absolute Gasteiger partial charge is 0.462 e. The zero-order valence-corrected chi connectivity index (χ0v) is 28.1. The first-order chi connectivity index (χ1) is 20.7. The van der Waals surface area contributed by atoms with Gasteiger partial charge in [-0.2, -0.15) is 0 Å². The highest BCUT2D eigenvalue weighted by atomic mass is 16.5. The fraction of sp³-hybridized carbons (Fsp3) is 0.744. The van der Waals surface area contributed by atoms with E-state index in [-0.39, 0.29) is 58.1 Å². The second-order valence-corrected chi connectivity index (χ2v) is 16.8. The number of benzene rings is 1. The Labute approximate surface area is 265 Å². The number of esters is 2. The summed E-state index contributed by atoms with van der Waals surface area (Å²) < 4.78 is 12.1. The quantitative estimate of drug-likeness (QED) is 0.261.